The normalized spacial score (nSPS) is 22.8. The molecule has 4 rings (SSSR count). The molecule has 0 bridgehead atoms. The van der Waals surface area contributed by atoms with Crippen molar-refractivity contribution >= 4 is 0 Å². The number of piperidine rings is 1. The van der Waals surface area contributed by atoms with Gasteiger partial charge in [0.1, 0.15) is 0 Å². The largest absolute Gasteiger partial charge is 0.493 e. The summed E-state index contributed by atoms with van der Waals surface area (Å²) in [6, 6.07) is 6.61. The predicted molar refractivity (Wildman–Crippen MR) is 119 cm³/mol. The fourth-order valence-electron chi connectivity index (χ4n) is 5.26. The Bertz CT molecular complexity index is 849. The molecule has 6 nitrogen and oxygen atoms in total. The molecule has 2 aliphatic heterocycles. The van der Waals surface area contributed by atoms with Crippen LogP contribution in [0.25, 0.3) is 0 Å². The lowest BCUT2D eigenvalue weighted by Crippen LogP contribution is -2.44. The van der Waals surface area contributed by atoms with Crippen molar-refractivity contribution in [3.63, 3.8) is 0 Å². The zero-order chi connectivity index (χ0) is 21.1. The molecule has 0 radical (unpaired) electrons. The molecule has 0 amide bonds. The highest BCUT2D eigenvalue weighted by molar-refractivity contribution is 5.46. The molecule has 164 valence electrons. The van der Waals surface area contributed by atoms with Gasteiger partial charge in [0.05, 0.1) is 20.4 Å². The molecule has 2 aromatic rings. The summed E-state index contributed by atoms with van der Waals surface area (Å²) >= 11 is 0. The zero-order valence-electron chi connectivity index (χ0n) is 18.9. The lowest BCUT2D eigenvalue weighted by atomic mass is 9.79. The highest BCUT2D eigenvalue weighted by atomic mass is 16.5. The highest BCUT2D eigenvalue weighted by Crippen LogP contribution is 2.40. The number of hydrogen-bond acceptors (Lipinski definition) is 5. The molecule has 1 unspecified atom stereocenters. The van der Waals surface area contributed by atoms with Crippen LogP contribution in [0.1, 0.15) is 50.3 Å². The van der Waals surface area contributed by atoms with E-state index >= 15 is 0 Å². The predicted octanol–water partition coefficient (Wildman–Crippen LogP) is 3.97. The molecule has 1 atom stereocenters. The molecular formula is C24H36N4O2. The minimum absolute atomic E-state index is 0.415. The number of aromatic nitrogens is 2. The van der Waals surface area contributed by atoms with E-state index in [9.17, 15) is 0 Å². The average molecular weight is 413 g/mol. The number of ether oxygens (including phenoxy) is 2. The molecule has 0 aliphatic carbocycles. The van der Waals surface area contributed by atoms with Gasteiger partial charge in [0, 0.05) is 49.5 Å². The van der Waals surface area contributed by atoms with Crippen molar-refractivity contribution in [2.24, 2.45) is 5.41 Å². The first-order chi connectivity index (χ1) is 14.5. The van der Waals surface area contributed by atoms with E-state index in [4.69, 9.17) is 9.47 Å². The third-order valence-corrected chi connectivity index (χ3v) is 6.73. The van der Waals surface area contributed by atoms with Crippen LogP contribution in [0.3, 0.4) is 0 Å². The first kappa shape index (κ1) is 21.2. The maximum absolute atomic E-state index is 5.66. The van der Waals surface area contributed by atoms with E-state index in [0.717, 1.165) is 37.7 Å². The van der Waals surface area contributed by atoms with E-state index in [0.29, 0.717) is 11.5 Å². The van der Waals surface area contributed by atoms with Gasteiger partial charge >= 0.3 is 0 Å². The molecule has 0 N–H and O–H groups in total. The van der Waals surface area contributed by atoms with Crippen LogP contribution < -0.4 is 9.47 Å². The second kappa shape index (κ2) is 8.98. The number of benzene rings is 1. The Morgan fingerprint density at radius 1 is 1.03 bits per heavy atom. The number of hydrogen-bond donors (Lipinski definition) is 0. The Morgan fingerprint density at radius 2 is 1.83 bits per heavy atom. The van der Waals surface area contributed by atoms with Gasteiger partial charge in [-0.15, -0.1) is 0 Å². The van der Waals surface area contributed by atoms with Gasteiger partial charge in [0.25, 0.3) is 0 Å². The number of methoxy groups -OCH3 is 2. The Morgan fingerprint density at radius 3 is 2.53 bits per heavy atom. The maximum atomic E-state index is 5.66. The Kier molecular flexibility index (Phi) is 6.34. The smallest absolute Gasteiger partial charge is 0.165 e. The van der Waals surface area contributed by atoms with Crippen LogP contribution in [0.15, 0.2) is 30.6 Å². The van der Waals surface area contributed by atoms with Crippen LogP contribution in [0.4, 0.5) is 0 Å². The van der Waals surface area contributed by atoms with Crippen LogP contribution in [0, 0.1) is 5.41 Å². The van der Waals surface area contributed by atoms with E-state index < -0.39 is 0 Å². The quantitative estimate of drug-likeness (QED) is 0.688. The number of nitrogens with zero attached hydrogens (tertiary/aromatic N) is 4. The minimum atomic E-state index is 0.415. The van der Waals surface area contributed by atoms with Crippen LogP contribution >= 0.6 is 0 Å². The van der Waals surface area contributed by atoms with Gasteiger partial charge in [0.2, 0.25) is 0 Å². The van der Waals surface area contributed by atoms with Gasteiger partial charge in [-0.25, -0.2) is 0 Å². The summed E-state index contributed by atoms with van der Waals surface area (Å²) in [6.07, 6.45) is 8.13. The van der Waals surface area contributed by atoms with Crippen molar-refractivity contribution in [3.8, 4) is 11.5 Å². The van der Waals surface area contributed by atoms with Crippen LogP contribution in [0.2, 0.25) is 0 Å². The summed E-state index contributed by atoms with van der Waals surface area (Å²) in [5.74, 6) is 1.69. The number of rotatable bonds is 7. The summed E-state index contributed by atoms with van der Waals surface area (Å²) in [7, 11) is 3.44. The number of likely N-dealkylation sites (tertiary alicyclic amines) is 2. The first-order valence-corrected chi connectivity index (χ1v) is 11.2. The van der Waals surface area contributed by atoms with E-state index in [1.807, 2.05) is 12.3 Å². The minimum Gasteiger partial charge on any atom is -0.493 e. The molecule has 2 saturated heterocycles. The lowest BCUT2D eigenvalue weighted by molar-refractivity contribution is 0.0859. The van der Waals surface area contributed by atoms with Crippen molar-refractivity contribution < 1.29 is 9.47 Å². The molecule has 0 saturated carbocycles. The number of para-hydroxylation sites is 1. The summed E-state index contributed by atoms with van der Waals surface area (Å²) in [5.41, 5.74) is 2.96. The van der Waals surface area contributed by atoms with E-state index in [1.54, 1.807) is 14.2 Å². The molecule has 6 heteroatoms. The second-order valence-corrected chi connectivity index (χ2v) is 9.35. The molecule has 1 spiro atoms. The van der Waals surface area contributed by atoms with Crippen molar-refractivity contribution in [1.29, 1.82) is 0 Å². The maximum Gasteiger partial charge on any atom is 0.165 e. The molecule has 2 aliphatic rings. The van der Waals surface area contributed by atoms with Crippen molar-refractivity contribution in [3.05, 3.63) is 41.7 Å². The summed E-state index contributed by atoms with van der Waals surface area (Å²) < 4.78 is 13.2. The Hall–Kier alpha value is -2.05. The second-order valence-electron chi connectivity index (χ2n) is 9.35. The Labute approximate surface area is 180 Å². The van der Waals surface area contributed by atoms with Gasteiger partial charge in [0.15, 0.2) is 11.5 Å². The summed E-state index contributed by atoms with van der Waals surface area (Å²) in [6.45, 7) is 11.0. The van der Waals surface area contributed by atoms with E-state index in [1.165, 1.54) is 43.5 Å². The first-order valence-electron chi connectivity index (χ1n) is 11.2. The molecule has 3 heterocycles. The summed E-state index contributed by atoms with van der Waals surface area (Å²) in [5, 5.41) is 4.51. The van der Waals surface area contributed by atoms with Crippen molar-refractivity contribution in [2.75, 3.05) is 40.4 Å². The molecular weight excluding hydrogens is 376 g/mol. The van der Waals surface area contributed by atoms with Crippen molar-refractivity contribution in [1.82, 2.24) is 19.6 Å². The van der Waals surface area contributed by atoms with Gasteiger partial charge in [-0.1, -0.05) is 12.1 Å². The standard InChI is InChI=1S/C24H36N4O2/c1-19(2)28-15-20(13-25-28)14-27-12-10-24(18-27)9-6-11-26(17-24)16-21-7-5-8-22(29-3)23(21)30-4/h5,7-8,13,15,19H,6,9-12,14,16-18H2,1-4H3. The van der Waals surface area contributed by atoms with Gasteiger partial charge < -0.3 is 9.47 Å². The van der Waals surface area contributed by atoms with Crippen LogP contribution in [-0.2, 0) is 13.1 Å². The lowest BCUT2D eigenvalue weighted by Gasteiger charge is -2.40. The Balaban J connectivity index is 1.39. The fourth-order valence-corrected chi connectivity index (χ4v) is 5.26. The van der Waals surface area contributed by atoms with Gasteiger partial charge in [-0.3, -0.25) is 14.5 Å². The van der Waals surface area contributed by atoms with E-state index in [-0.39, 0.29) is 0 Å². The zero-order valence-corrected chi connectivity index (χ0v) is 18.9. The average Bonchev–Trinajstić information content (AvgIpc) is 3.35. The van der Waals surface area contributed by atoms with Crippen molar-refractivity contribution in [2.45, 2.75) is 52.2 Å². The summed E-state index contributed by atoms with van der Waals surface area (Å²) in [4.78, 5) is 5.23. The third kappa shape index (κ3) is 4.49. The highest BCUT2D eigenvalue weighted by Gasteiger charge is 2.41. The van der Waals surface area contributed by atoms with Gasteiger partial charge in [-0.2, -0.15) is 5.10 Å². The fraction of sp³-hybridized carbons (Fsp3) is 0.625. The van der Waals surface area contributed by atoms with Crippen LogP contribution in [0.5, 0.6) is 11.5 Å². The van der Waals surface area contributed by atoms with Gasteiger partial charge in [-0.05, 0) is 57.7 Å². The molecule has 2 fully saturated rings. The SMILES string of the molecule is COc1cccc(CN2CCCC3(CCN(Cc4cnn(C(C)C)c4)C3)C2)c1OC. The molecule has 1 aromatic carbocycles. The van der Waals surface area contributed by atoms with E-state index in [2.05, 4.69) is 51.8 Å². The topological polar surface area (TPSA) is 42.8 Å². The van der Waals surface area contributed by atoms with Crippen LogP contribution in [-0.4, -0.2) is 60.0 Å². The monoisotopic (exact) mass is 412 g/mol. The molecule has 1 aromatic heterocycles. The molecule has 30 heavy (non-hydrogen) atoms. The third-order valence-electron chi connectivity index (χ3n) is 6.73.